The number of aryl methyl sites for hydroxylation is 1. The average Bonchev–Trinajstić information content (AvgIpc) is 3.33. The van der Waals surface area contributed by atoms with E-state index in [4.69, 9.17) is 4.52 Å². The van der Waals surface area contributed by atoms with E-state index >= 15 is 0 Å². The van der Waals surface area contributed by atoms with Crippen LogP contribution in [0.5, 0.6) is 0 Å². The molecule has 0 radical (unpaired) electrons. The van der Waals surface area contributed by atoms with Gasteiger partial charge in [-0.05, 0) is 50.6 Å². The van der Waals surface area contributed by atoms with Crippen molar-refractivity contribution < 1.29 is 13.7 Å². The predicted octanol–water partition coefficient (Wildman–Crippen LogP) is 3.74. The molecule has 2 fully saturated rings. The zero-order valence-corrected chi connectivity index (χ0v) is 19.5. The second kappa shape index (κ2) is 9.93. The van der Waals surface area contributed by atoms with Crippen molar-refractivity contribution in [2.75, 3.05) is 44.2 Å². The van der Waals surface area contributed by atoms with Crippen LogP contribution in [-0.4, -0.2) is 65.1 Å². The second-order valence-corrected chi connectivity index (χ2v) is 9.24. The predicted molar refractivity (Wildman–Crippen MR) is 128 cm³/mol. The smallest absolute Gasteiger partial charge is 0.241 e. The van der Waals surface area contributed by atoms with Gasteiger partial charge in [0.2, 0.25) is 17.6 Å². The highest BCUT2D eigenvalue weighted by Gasteiger charge is 2.31. The quantitative estimate of drug-likeness (QED) is 0.574. The molecule has 2 aromatic carbocycles. The topological polar surface area (TPSA) is 65.7 Å². The van der Waals surface area contributed by atoms with Crippen molar-refractivity contribution in [2.24, 2.45) is 5.92 Å². The van der Waals surface area contributed by atoms with Gasteiger partial charge in [0.15, 0.2) is 0 Å². The molecule has 7 nitrogen and oxygen atoms in total. The summed E-state index contributed by atoms with van der Waals surface area (Å²) in [6, 6.07) is 14.6. The van der Waals surface area contributed by atoms with E-state index in [9.17, 15) is 9.18 Å². The molecule has 8 heteroatoms. The summed E-state index contributed by atoms with van der Waals surface area (Å²) in [7, 11) is 0. The Morgan fingerprint density at radius 1 is 1.03 bits per heavy atom. The number of carbonyl (C=O) groups is 1. The minimum atomic E-state index is -0.230. The third-order valence-electron chi connectivity index (χ3n) is 6.77. The maximum Gasteiger partial charge on any atom is 0.241 e. The van der Waals surface area contributed by atoms with E-state index in [0.717, 1.165) is 43.7 Å². The first-order valence-corrected chi connectivity index (χ1v) is 12.0. The molecule has 2 aliphatic rings. The van der Waals surface area contributed by atoms with E-state index in [1.807, 2.05) is 36.1 Å². The van der Waals surface area contributed by atoms with Crippen LogP contribution in [0.1, 0.15) is 24.3 Å². The largest absolute Gasteiger partial charge is 0.368 e. The zero-order valence-electron chi connectivity index (χ0n) is 19.5. The molecule has 3 aromatic rings. The van der Waals surface area contributed by atoms with Gasteiger partial charge in [-0.15, -0.1) is 0 Å². The number of carbonyl (C=O) groups excluding carboxylic acids is 1. The molecule has 0 saturated carbocycles. The number of halogens is 1. The van der Waals surface area contributed by atoms with Crippen molar-refractivity contribution in [3.63, 3.8) is 0 Å². The van der Waals surface area contributed by atoms with Gasteiger partial charge in [0.25, 0.3) is 0 Å². The maximum atomic E-state index is 13.2. The first kappa shape index (κ1) is 22.5. The standard InChI is InChI=1S/C26H30FN5O2/c1-19-4-6-20(7-5-19)25-28-24(34-29-25)18-30-12-2-3-21(17-30)26(33)32-15-13-31(14-16-32)23-10-8-22(27)9-11-23/h4-11,21H,2-3,12-18H2,1H3. The fourth-order valence-electron chi connectivity index (χ4n) is 4.83. The molecular formula is C26H30FN5O2. The van der Waals surface area contributed by atoms with Gasteiger partial charge in [-0.1, -0.05) is 35.0 Å². The molecule has 0 N–H and O–H groups in total. The van der Waals surface area contributed by atoms with Crippen molar-refractivity contribution in [1.82, 2.24) is 19.9 Å². The molecule has 178 valence electrons. The molecular weight excluding hydrogens is 433 g/mol. The molecule has 1 aromatic heterocycles. The third-order valence-corrected chi connectivity index (χ3v) is 6.77. The number of piperidine rings is 1. The number of rotatable bonds is 5. The Morgan fingerprint density at radius 2 is 1.76 bits per heavy atom. The molecule has 34 heavy (non-hydrogen) atoms. The summed E-state index contributed by atoms with van der Waals surface area (Å²) in [5.41, 5.74) is 3.13. The molecule has 1 atom stereocenters. The Balaban J connectivity index is 1.14. The minimum absolute atomic E-state index is 0.00869. The van der Waals surface area contributed by atoms with Crippen LogP contribution in [0, 0.1) is 18.7 Å². The number of benzene rings is 2. The van der Waals surface area contributed by atoms with Crippen molar-refractivity contribution in [1.29, 1.82) is 0 Å². The van der Waals surface area contributed by atoms with Crippen LogP contribution in [0.15, 0.2) is 53.1 Å². The van der Waals surface area contributed by atoms with Gasteiger partial charge in [-0.3, -0.25) is 9.69 Å². The first-order valence-electron chi connectivity index (χ1n) is 12.0. The molecule has 2 saturated heterocycles. The number of nitrogens with zero attached hydrogens (tertiary/aromatic N) is 5. The van der Waals surface area contributed by atoms with E-state index in [-0.39, 0.29) is 17.6 Å². The van der Waals surface area contributed by atoms with Gasteiger partial charge in [0.1, 0.15) is 5.82 Å². The summed E-state index contributed by atoms with van der Waals surface area (Å²) in [5, 5.41) is 4.13. The SMILES string of the molecule is Cc1ccc(-c2noc(CN3CCCC(C(=O)N4CCN(c5ccc(F)cc5)CC4)C3)n2)cc1. The number of hydrogen-bond donors (Lipinski definition) is 0. The number of hydrogen-bond acceptors (Lipinski definition) is 6. The second-order valence-electron chi connectivity index (χ2n) is 9.24. The fourth-order valence-corrected chi connectivity index (χ4v) is 4.83. The van der Waals surface area contributed by atoms with Crippen molar-refractivity contribution in [3.8, 4) is 11.4 Å². The molecule has 3 heterocycles. The summed E-state index contributed by atoms with van der Waals surface area (Å²) in [4.78, 5) is 24.2. The van der Waals surface area contributed by atoms with Gasteiger partial charge in [-0.2, -0.15) is 4.98 Å². The lowest BCUT2D eigenvalue weighted by molar-refractivity contribution is -0.137. The van der Waals surface area contributed by atoms with Crippen molar-refractivity contribution in [3.05, 3.63) is 65.8 Å². The Hall–Kier alpha value is -3.26. The molecule has 0 spiro atoms. The highest BCUT2D eigenvalue weighted by atomic mass is 19.1. The Morgan fingerprint density at radius 3 is 2.50 bits per heavy atom. The van der Waals surface area contributed by atoms with E-state index in [1.165, 1.54) is 17.7 Å². The number of likely N-dealkylation sites (tertiary alicyclic amines) is 1. The minimum Gasteiger partial charge on any atom is -0.368 e. The van der Waals surface area contributed by atoms with Gasteiger partial charge in [-0.25, -0.2) is 4.39 Å². The van der Waals surface area contributed by atoms with Gasteiger partial charge in [0, 0.05) is 44.0 Å². The van der Waals surface area contributed by atoms with Crippen LogP contribution in [0.3, 0.4) is 0 Å². The summed E-state index contributed by atoms with van der Waals surface area (Å²) in [6.45, 7) is 7.14. The summed E-state index contributed by atoms with van der Waals surface area (Å²) in [6.07, 6.45) is 1.89. The number of anilines is 1. The fraction of sp³-hybridized carbons (Fsp3) is 0.423. The Kier molecular flexibility index (Phi) is 6.58. The summed E-state index contributed by atoms with van der Waals surface area (Å²) in [5.74, 6) is 1.17. The molecule has 0 bridgehead atoms. The first-order chi connectivity index (χ1) is 16.5. The van der Waals surface area contributed by atoms with Crippen LogP contribution in [0.2, 0.25) is 0 Å². The number of piperazine rings is 1. The summed E-state index contributed by atoms with van der Waals surface area (Å²) >= 11 is 0. The number of amides is 1. The van der Waals surface area contributed by atoms with E-state index in [2.05, 4.69) is 19.9 Å². The van der Waals surface area contributed by atoms with Crippen LogP contribution in [-0.2, 0) is 11.3 Å². The van der Waals surface area contributed by atoms with Crippen LogP contribution in [0.4, 0.5) is 10.1 Å². The van der Waals surface area contributed by atoms with Crippen LogP contribution >= 0.6 is 0 Å². The summed E-state index contributed by atoms with van der Waals surface area (Å²) < 4.78 is 18.7. The Bertz CT molecular complexity index is 1110. The van der Waals surface area contributed by atoms with Gasteiger partial charge >= 0.3 is 0 Å². The van der Waals surface area contributed by atoms with Crippen LogP contribution in [0.25, 0.3) is 11.4 Å². The lowest BCUT2D eigenvalue weighted by atomic mass is 9.96. The molecule has 2 aliphatic heterocycles. The lowest BCUT2D eigenvalue weighted by Crippen LogP contribution is -2.52. The monoisotopic (exact) mass is 463 g/mol. The Labute approximate surface area is 199 Å². The molecule has 1 unspecified atom stereocenters. The van der Waals surface area contributed by atoms with Crippen molar-refractivity contribution >= 4 is 11.6 Å². The lowest BCUT2D eigenvalue weighted by Gasteiger charge is -2.39. The molecule has 1 amide bonds. The zero-order chi connectivity index (χ0) is 23.5. The van der Waals surface area contributed by atoms with E-state index in [1.54, 1.807) is 12.1 Å². The molecule has 0 aliphatic carbocycles. The highest BCUT2D eigenvalue weighted by molar-refractivity contribution is 5.79. The normalized spacial score (nSPS) is 19.4. The number of aromatic nitrogens is 2. The van der Waals surface area contributed by atoms with Crippen LogP contribution < -0.4 is 4.90 Å². The highest BCUT2D eigenvalue weighted by Crippen LogP contribution is 2.23. The maximum absolute atomic E-state index is 13.2. The third kappa shape index (κ3) is 5.12. The molecule has 5 rings (SSSR count). The van der Waals surface area contributed by atoms with Crippen molar-refractivity contribution in [2.45, 2.75) is 26.3 Å². The van der Waals surface area contributed by atoms with Gasteiger partial charge < -0.3 is 14.3 Å². The van der Waals surface area contributed by atoms with E-state index in [0.29, 0.717) is 37.9 Å². The van der Waals surface area contributed by atoms with E-state index < -0.39 is 0 Å². The average molecular weight is 464 g/mol. The van der Waals surface area contributed by atoms with Gasteiger partial charge in [0.05, 0.1) is 12.5 Å².